The Hall–Kier alpha value is -2.25. The molecule has 2 rings (SSSR count). The van der Waals surface area contributed by atoms with Crippen molar-refractivity contribution in [1.29, 1.82) is 0 Å². The van der Waals surface area contributed by atoms with Crippen LogP contribution >= 0.6 is 11.6 Å². The van der Waals surface area contributed by atoms with E-state index in [1.54, 1.807) is 32.0 Å². The van der Waals surface area contributed by atoms with E-state index < -0.39 is 22.7 Å². The molecule has 0 bridgehead atoms. The van der Waals surface area contributed by atoms with Crippen LogP contribution in [0.3, 0.4) is 0 Å². The summed E-state index contributed by atoms with van der Waals surface area (Å²) in [5.74, 6) is -0.174. The minimum atomic E-state index is -4.60. The first kappa shape index (κ1) is 21.8. The van der Waals surface area contributed by atoms with Gasteiger partial charge in [-0.15, -0.1) is 0 Å². The Labute approximate surface area is 154 Å². The first-order valence-electron chi connectivity index (χ1n) is 7.59. The average Bonchev–Trinajstić information content (AvgIpc) is 2.58. The van der Waals surface area contributed by atoms with Gasteiger partial charge in [-0.3, -0.25) is 4.79 Å². The molecule has 4 nitrogen and oxygen atoms in total. The second-order valence-corrected chi connectivity index (χ2v) is 5.43. The summed E-state index contributed by atoms with van der Waals surface area (Å²) in [6, 6.07) is 8.31. The van der Waals surface area contributed by atoms with Gasteiger partial charge < -0.3 is 15.2 Å². The molecule has 0 radical (unpaired) electrons. The molecule has 8 heteroatoms. The number of halogens is 4. The fourth-order valence-corrected chi connectivity index (χ4v) is 2.45. The standard InChI is InChI=1S/C17H15ClF3NO2.CH4O/c1-3-24-14-6-4-5-10(2)15(14)16(23)22-11-7-8-13(18)12(9-11)17(19,20)21;1-2/h4-9H,3H2,1-2H3,(H,22,23);2H,1H3. The van der Waals surface area contributed by atoms with Crippen LogP contribution in [0.4, 0.5) is 18.9 Å². The lowest BCUT2D eigenvalue weighted by Gasteiger charge is -2.14. The molecule has 0 unspecified atom stereocenters. The summed E-state index contributed by atoms with van der Waals surface area (Å²) < 4.78 is 44.1. The molecule has 0 saturated carbocycles. The van der Waals surface area contributed by atoms with Gasteiger partial charge >= 0.3 is 6.18 Å². The van der Waals surface area contributed by atoms with Crippen molar-refractivity contribution >= 4 is 23.2 Å². The Morgan fingerprint density at radius 2 is 1.88 bits per heavy atom. The summed E-state index contributed by atoms with van der Waals surface area (Å²) >= 11 is 5.57. The van der Waals surface area contributed by atoms with Gasteiger partial charge in [-0.25, -0.2) is 0 Å². The van der Waals surface area contributed by atoms with Crippen LogP contribution in [-0.2, 0) is 6.18 Å². The fraction of sp³-hybridized carbons (Fsp3) is 0.278. The van der Waals surface area contributed by atoms with E-state index in [0.717, 1.165) is 19.2 Å². The minimum absolute atomic E-state index is 0.00225. The van der Waals surface area contributed by atoms with Gasteiger partial charge in [-0.05, 0) is 43.7 Å². The maximum absolute atomic E-state index is 12.9. The third kappa shape index (κ3) is 5.37. The van der Waals surface area contributed by atoms with Crippen molar-refractivity contribution in [2.24, 2.45) is 0 Å². The number of carbonyl (C=O) groups is 1. The van der Waals surface area contributed by atoms with Gasteiger partial charge in [0, 0.05) is 12.8 Å². The SMILES string of the molecule is CCOc1cccc(C)c1C(=O)Nc1ccc(Cl)c(C(F)(F)F)c1.CO. The topological polar surface area (TPSA) is 58.6 Å². The molecule has 2 N–H and O–H groups in total. The van der Waals surface area contributed by atoms with Crippen LogP contribution in [0.25, 0.3) is 0 Å². The highest BCUT2D eigenvalue weighted by Crippen LogP contribution is 2.36. The van der Waals surface area contributed by atoms with Crippen LogP contribution in [0.1, 0.15) is 28.4 Å². The molecule has 26 heavy (non-hydrogen) atoms. The number of ether oxygens (including phenoxy) is 1. The molecule has 0 fully saturated rings. The van der Waals surface area contributed by atoms with E-state index in [0.29, 0.717) is 17.9 Å². The summed E-state index contributed by atoms with van der Waals surface area (Å²) in [4.78, 5) is 12.5. The zero-order valence-corrected chi connectivity index (χ0v) is 15.2. The smallest absolute Gasteiger partial charge is 0.417 e. The highest BCUT2D eigenvalue weighted by molar-refractivity contribution is 6.31. The summed E-state index contributed by atoms with van der Waals surface area (Å²) in [5, 5.41) is 9.04. The van der Waals surface area contributed by atoms with E-state index in [4.69, 9.17) is 21.4 Å². The molecule has 0 saturated heterocycles. The lowest BCUT2D eigenvalue weighted by molar-refractivity contribution is -0.137. The molecule has 2 aromatic carbocycles. The molecule has 0 aliphatic heterocycles. The van der Waals surface area contributed by atoms with Gasteiger partial charge in [-0.1, -0.05) is 23.7 Å². The highest BCUT2D eigenvalue weighted by Gasteiger charge is 2.33. The van der Waals surface area contributed by atoms with Crippen LogP contribution in [0.2, 0.25) is 5.02 Å². The number of rotatable bonds is 4. The second-order valence-electron chi connectivity index (χ2n) is 5.03. The Morgan fingerprint density at radius 1 is 1.23 bits per heavy atom. The number of alkyl halides is 3. The van der Waals surface area contributed by atoms with Gasteiger partial charge in [0.2, 0.25) is 0 Å². The zero-order valence-electron chi connectivity index (χ0n) is 14.4. The summed E-state index contributed by atoms with van der Waals surface area (Å²) in [6.45, 7) is 3.86. The Kier molecular flexibility index (Phi) is 7.92. The number of aliphatic hydroxyl groups is 1. The highest BCUT2D eigenvalue weighted by atomic mass is 35.5. The van der Waals surface area contributed by atoms with Crippen molar-refractivity contribution in [3.63, 3.8) is 0 Å². The summed E-state index contributed by atoms with van der Waals surface area (Å²) in [7, 11) is 1.00. The third-order valence-corrected chi connectivity index (χ3v) is 3.62. The maximum Gasteiger partial charge on any atom is 0.417 e. The van der Waals surface area contributed by atoms with Crippen molar-refractivity contribution in [1.82, 2.24) is 0 Å². The number of carbonyl (C=O) groups excluding carboxylic acids is 1. The monoisotopic (exact) mass is 389 g/mol. The molecule has 0 aliphatic carbocycles. The molecule has 142 valence electrons. The largest absolute Gasteiger partial charge is 0.493 e. The third-order valence-electron chi connectivity index (χ3n) is 3.29. The van der Waals surface area contributed by atoms with E-state index in [-0.39, 0.29) is 11.3 Å². The van der Waals surface area contributed by atoms with Gasteiger partial charge in [0.25, 0.3) is 5.91 Å². The molecule has 1 amide bonds. The van der Waals surface area contributed by atoms with Crippen LogP contribution in [0.5, 0.6) is 5.75 Å². The molecular weight excluding hydrogens is 371 g/mol. The average molecular weight is 390 g/mol. The first-order valence-corrected chi connectivity index (χ1v) is 7.97. The fourth-order valence-electron chi connectivity index (χ4n) is 2.22. The quantitative estimate of drug-likeness (QED) is 0.779. The van der Waals surface area contributed by atoms with E-state index in [9.17, 15) is 18.0 Å². The van der Waals surface area contributed by atoms with Crippen LogP contribution in [0.15, 0.2) is 36.4 Å². The zero-order chi connectivity index (χ0) is 19.9. The summed E-state index contributed by atoms with van der Waals surface area (Å²) in [6.07, 6.45) is -4.60. The van der Waals surface area contributed by atoms with E-state index >= 15 is 0 Å². The number of aliphatic hydroxyl groups excluding tert-OH is 1. The minimum Gasteiger partial charge on any atom is -0.493 e. The van der Waals surface area contributed by atoms with Gasteiger partial charge in [0.1, 0.15) is 5.75 Å². The molecule has 0 heterocycles. The van der Waals surface area contributed by atoms with Crippen molar-refractivity contribution in [3.05, 3.63) is 58.1 Å². The number of amides is 1. The molecule has 0 aliphatic rings. The van der Waals surface area contributed by atoms with Crippen molar-refractivity contribution < 1.29 is 27.8 Å². The van der Waals surface area contributed by atoms with Crippen LogP contribution in [0, 0.1) is 6.92 Å². The Morgan fingerprint density at radius 3 is 2.46 bits per heavy atom. The van der Waals surface area contributed by atoms with Gasteiger partial charge in [-0.2, -0.15) is 13.2 Å². The number of nitrogens with one attached hydrogen (secondary N) is 1. The predicted octanol–water partition coefficient (Wildman–Crippen LogP) is 4.93. The van der Waals surface area contributed by atoms with Crippen LogP contribution < -0.4 is 10.1 Å². The molecular formula is C18H19ClF3NO3. The summed E-state index contributed by atoms with van der Waals surface area (Å²) in [5.41, 5.74) is -0.0643. The Bertz CT molecular complexity index is 764. The van der Waals surface area contributed by atoms with Crippen LogP contribution in [-0.4, -0.2) is 24.7 Å². The Balaban J connectivity index is 0.00000163. The molecule has 0 atom stereocenters. The first-order chi connectivity index (χ1) is 12.2. The van der Waals surface area contributed by atoms with Crippen molar-refractivity contribution in [2.45, 2.75) is 20.0 Å². The molecule has 2 aromatic rings. The number of aryl methyl sites for hydroxylation is 1. The maximum atomic E-state index is 12.9. The van der Waals surface area contributed by atoms with Crippen molar-refractivity contribution in [2.75, 3.05) is 19.0 Å². The molecule has 0 spiro atoms. The number of anilines is 1. The van der Waals surface area contributed by atoms with Gasteiger partial charge in [0.05, 0.1) is 22.8 Å². The predicted molar refractivity (Wildman–Crippen MR) is 94.9 cm³/mol. The van der Waals surface area contributed by atoms with E-state index in [2.05, 4.69) is 5.32 Å². The number of benzene rings is 2. The molecule has 0 aromatic heterocycles. The lowest BCUT2D eigenvalue weighted by Crippen LogP contribution is -2.16. The number of hydrogen-bond donors (Lipinski definition) is 2. The van der Waals surface area contributed by atoms with E-state index in [1.807, 2.05) is 0 Å². The lowest BCUT2D eigenvalue weighted by atomic mass is 10.1. The number of hydrogen-bond acceptors (Lipinski definition) is 3. The van der Waals surface area contributed by atoms with Gasteiger partial charge in [0.15, 0.2) is 0 Å². The van der Waals surface area contributed by atoms with E-state index in [1.165, 1.54) is 6.07 Å². The van der Waals surface area contributed by atoms with Crippen molar-refractivity contribution in [3.8, 4) is 5.75 Å². The normalized spacial score (nSPS) is 10.6. The second kappa shape index (κ2) is 9.45.